The quantitative estimate of drug-likeness (QED) is 0.0817. The molecule has 0 saturated carbocycles. The van der Waals surface area contributed by atoms with Gasteiger partial charge in [0.05, 0.1) is 14.2 Å². The number of nitrogens with zero attached hydrogens (tertiary/aromatic N) is 4. The van der Waals surface area contributed by atoms with Gasteiger partial charge < -0.3 is 20.8 Å². The molecule has 4 aromatic heterocycles. The first-order chi connectivity index (χ1) is 34.2. The molecule has 0 aliphatic carbocycles. The summed E-state index contributed by atoms with van der Waals surface area (Å²) in [6.07, 6.45) is 7.30. The number of halogens is 1. The first-order valence-corrected chi connectivity index (χ1v) is 25.6. The lowest BCUT2D eigenvalue weighted by Gasteiger charge is -2.16. The molecule has 17 heteroatoms. The third-order valence-corrected chi connectivity index (χ3v) is 15.0. The number of hydrogen-bond acceptors (Lipinski definition) is 10. The number of carbonyl (C=O) groups excluding carboxylic acids is 2. The molecule has 0 fully saturated rings. The van der Waals surface area contributed by atoms with E-state index in [1.807, 2.05) is 73.1 Å². The molecule has 0 unspecified atom stereocenters. The molecule has 8 aromatic rings. The van der Waals surface area contributed by atoms with E-state index < -0.39 is 24.0 Å². The second-order valence-electron chi connectivity index (χ2n) is 19.3. The number of aromatic nitrogens is 4. The summed E-state index contributed by atoms with van der Waals surface area (Å²) < 4.78 is 0.795. The number of benzene rings is 4. The number of nitrogens with one attached hydrogen (secondary N) is 2. The Morgan fingerprint density at radius 3 is 1.15 bits per heavy atom. The average Bonchev–Trinajstić information content (AvgIpc) is 4.08. The van der Waals surface area contributed by atoms with Crippen molar-refractivity contribution in [2.45, 2.75) is 84.2 Å². The molecule has 0 saturated heterocycles. The molecule has 0 aliphatic rings. The van der Waals surface area contributed by atoms with Gasteiger partial charge in [-0.05, 0) is 85.8 Å². The van der Waals surface area contributed by atoms with Gasteiger partial charge in [0.25, 0.3) is 11.8 Å². The fourth-order valence-electron chi connectivity index (χ4n) is 7.32. The number of carbonyl (C=O) groups is 4. The fourth-order valence-corrected chi connectivity index (χ4v) is 9.46. The highest BCUT2D eigenvalue weighted by molar-refractivity contribution is 9.10. The summed E-state index contributed by atoms with van der Waals surface area (Å²) in [6, 6.07) is 36.8. The van der Waals surface area contributed by atoms with Crippen molar-refractivity contribution < 1.29 is 29.4 Å². The van der Waals surface area contributed by atoms with Crippen LogP contribution in [0.15, 0.2) is 151 Å². The lowest BCUT2D eigenvalue weighted by Crippen LogP contribution is -2.42. The second kappa shape index (κ2) is 25.6. The first kappa shape index (κ1) is 58.4. The summed E-state index contributed by atoms with van der Waals surface area (Å²) in [6.45, 7) is 14.5. The van der Waals surface area contributed by atoms with E-state index in [0.29, 0.717) is 21.4 Å². The molecule has 4 heterocycles. The first-order valence-electron chi connectivity index (χ1n) is 23.1. The predicted molar refractivity (Wildman–Crippen MR) is 310 cm³/mol. The van der Waals surface area contributed by atoms with Gasteiger partial charge in [0.2, 0.25) is 0 Å². The highest BCUT2D eigenvalue weighted by atomic mass is 79.9. The number of aliphatic carboxylic acids is 2. The maximum atomic E-state index is 12.8. The minimum atomic E-state index is -1.08. The Bertz CT molecular complexity index is 3150. The van der Waals surface area contributed by atoms with Gasteiger partial charge in [0, 0.05) is 64.1 Å². The Morgan fingerprint density at radius 2 is 0.811 bits per heavy atom. The van der Waals surface area contributed by atoms with Crippen LogP contribution >= 0.6 is 65.6 Å². The highest BCUT2D eigenvalue weighted by Crippen LogP contribution is 2.31. The molecular weight excluding hydrogens is 1070 g/mol. The van der Waals surface area contributed by atoms with Crippen molar-refractivity contribution in [1.82, 2.24) is 30.6 Å². The van der Waals surface area contributed by atoms with Crippen LogP contribution in [0.2, 0.25) is 0 Å². The molecule has 0 aliphatic heterocycles. The van der Waals surface area contributed by atoms with Crippen LogP contribution in [0, 0.1) is 6.92 Å². The summed E-state index contributed by atoms with van der Waals surface area (Å²) in [5.41, 5.74) is 8.63. The maximum absolute atomic E-state index is 12.8. The van der Waals surface area contributed by atoms with Gasteiger partial charge in [-0.1, -0.05) is 144 Å². The smallest absolute Gasteiger partial charge is 0.326 e. The van der Waals surface area contributed by atoms with Crippen LogP contribution in [-0.4, -0.2) is 66.0 Å². The number of aryl methyl sites for hydroxylation is 1. The van der Waals surface area contributed by atoms with Gasteiger partial charge in [0.15, 0.2) is 11.6 Å². The van der Waals surface area contributed by atoms with Gasteiger partial charge in [-0.3, -0.25) is 9.59 Å². The maximum Gasteiger partial charge on any atom is 0.326 e. The van der Waals surface area contributed by atoms with Gasteiger partial charge in [-0.25, -0.2) is 29.5 Å². The standard InChI is InChI=1S/C35H33N3O3S.C22H22BrN3O3S.2H2S/c1-22-5-9-24(10-6-22)25-13-15-26(16-14-25)28-20-36-32(37-21-28)27-11-7-23(8-12-27)19-29(34(40)41)38-33(39)30-17-18-31(42-30)35(2,3)4;1-22(2,3)18-9-8-17(30-18)20(27)26-16(21(28)29)10-13-4-6-14(7-5-13)19-24-11-15(23)12-25-19;;/h5-18,20-21,29H,19H2,1-4H3,(H,38,39)(H,40,41);4-9,11-12,16H,10H2,1-3H3,(H,26,27)(H,28,29);2*1H2/t29-;16-;;/m00../s1. The molecule has 0 bridgehead atoms. The summed E-state index contributed by atoms with van der Waals surface area (Å²) >= 11 is 6.08. The fraction of sp³-hybridized carbons (Fsp3) is 0.228. The van der Waals surface area contributed by atoms with Crippen LogP contribution in [0.3, 0.4) is 0 Å². The van der Waals surface area contributed by atoms with Crippen molar-refractivity contribution in [3.63, 3.8) is 0 Å². The number of rotatable bonds is 14. The van der Waals surface area contributed by atoms with Crippen LogP contribution in [0.5, 0.6) is 0 Å². The molecule has 2 amide bonds. The molecule has 4 aromatic carbocycles. The van der Waals surface area contributed by atoms with E-state index in [1.54, 1.807) is 24.5 Å². The number of carboxylic acid groups (broad SMARTS) is 2. The third-order valence-electron chi connectivity index (χ3n) is 11.5. The van der Waals surface area contributed by atoms with Crippen molar-refractivity contribution in [2.24, 2.45) is 0 Å². The van der Waals surface area contributed by atoms with Gasteiger partial charge in [-0.2, -0.15) is 27.0 Å². The molecule has 0 radical (unpaired) electrons. The largest absolute Gasteiger partial charge is 0.480 e. The Hall–Kier alpha value is -6.50. The van der Waals surface area contributed by atoms with E-state index >= 15 is 0 Å². The van der Waals surface area contributed by atoms with Crippen molar-refractivity contribution >= 4 is 89.3 Å². The highest BCUT2D eigenvalue weighted by Gasteiger charge is 2.26. The van der Waals surface area contributed by atoms with E-state index in [4.69, 9.17) is 0 Å². The van der Waals surface area contributed by atoms with Crippen molar-refractivity contribution in [3.05, 3.63) is 187 Å². The molecular formula is C57H59BrN6O6S4. The third kappa shape index (κ3) is 15.8. The van der Waals surface area contributed by atoms with Crippen molar-refractivity contribution in [2.75, 3.05) is 0 Å². The summed E-state index contributed by atoms with van der Waals surface area (Å²) in [5.74, 6) is -1.74. The minimum Gasteiger partial charge on any atom is -0.480 e. The van der Waals surface area contributed by atoms with Crippen molar-refractivity contribution in [3.8, 4) is 45.0 Å². The lowest BCUT2D eigenvalue weighted by atomic mass is 9.95. The predicted octanol–water partition coefficient (Wildman–Crippen LogP) is 12.5. The molecule has 4 N–H and O–H groups in total. The van der Waals surface area contributed by atoms with Gasteiger partial charge >= 0.3 is 11.9 Å². The second-order valence-corrected chi connectivity index (χ2v) is 22.4. The van der Waals surface area contributed by atoms with Gasteiger partial charge in [0.1, 0.15) is 12.1 Å². The number of amides is 2. The molecule has 384 valence electrons. The zero-order valence-corrected chi connectivity index (χ0v) is 47.2. The van der Waals surface area contributed by atoms with E-state index in [2.05, 4.69) is 143 Å². The van der Waals surface area contributed by atoms with E-state index in [-0.39, 0.29) is 62.5 Å². The minimum absolute atomic E-state index is 0. The molecule has 12 nitrogen and oxygen atoms in total. The topological polar surface area (TPSA) is 184 Å². The Kier molecular flexibility index (Phi) is 20.2. The molecule has 2 atom stereocenters. The Morgan fingerprint density at radius 1 is 0.486 bits per heavy atom. The van der Waals surface area contributed by atoms with Crippen LogP contribution < -0.4 is 10.6 Å². The average molecular weight is 1130 g/mol. The van der Waals surface area contributed by atoms with Crippen LogP contribution in [0.25, 0.3) is 45.0 Å². The van der Waals surface area contributed by atoms with Crippen molar-refractivity contribution in [1.29, 1.82) is 0 Å². The van der Waals surface area contributed by atoms with Crippen LogP contribution in [0.1, 0.15) is 87.3 Å². The van der Waals surface area contributed by atoms with Gasteiger partial charge in [-0.15, -0.1) is 22.7 Å². The zero-order valence-electron chi connectivity index (χ0n) is 41.9. The van der Waals surface area contributed by atoms with E-state index in [9.17, 15) is 29.4 Å². The Labute approximate surface area is 462 Å². The Balaban J connectivity index is 0.000000281. The molecule has 74 heavy (non-hydrogen) atoms. The number of carboxylic acids is 2. The number of hydrogen-bond donors (Lipinski definition) is 4. The molecule has 0 spiro atoms. The van der Waals surface area contributed by atoms with E-state index in [1.165, 1.54) is 33.8 Å². The normalized spacial score (nSPS) is 11.9. The summed E-state index contributed by atoms with van der Waals surface area (Å²) in [4.78, 5) is 69.8. The number of thiophene rings is 2. The zero-order chi connectivity index (χ0) is 51.7. The molecule has 8 rings (SSSR count). The monoisotopic (exact) mass is 1130 g/mol. The lowest BCUT2D eigenvalue weighted by molar-refractivity contribution is -0.140. The SMILES string of the molecule is CC(C)(C)c1ccc(C(=O)N[C@@H](Cc2ccc(-c3ncc(Br)cn3)cc2)C(=O)O)s1.Cc1ccc(-c2ccc(-c3cnc(-c4ccc(C[C@H](NC(=O)c5ccc(C(C)(C)C)s5)C(=O)O)cc4)nc3)cc2)cc1.S.S. The van der Waals surface area contributed by atoms with Crippen LogP contribution in [-0.2, 0) is 33.3 Å². The van der Waals surface area contributed by atoms with Crippen LogP contribution in [0.4, 0.5) is 0 Å². The summed E-state index contributed by atoms with van der Waals surface area (Å²) in [5, 5.41) is 24.7. The van der Waals surface area contributed by atoms with E-state index in [0.717, 1.165) is 53.2 Å². The summed E-state index contributed by atoms with van der Waals surface area (Å²) in [7, 11) is 0.